The molecule has 0 radical (unpaired) electrons. The van der Waals surface area contributed by atoms with Crippen LogP contribution in [0.1, 0.15) is 25.0 Å². The second-order valence-electron chi connectivity index (χ2n) is 7.48. The topological polar surface area (TPSA) is 49.3 Å². The van der Waals surface area contributed by atoms with Crippen LogP contribution in [0.4, 0.5) is 4.39 Å². The zero-order valence-electron chi connectivity index (χ0n) is 17.5. The smallest absolute Gasteiger partial charge is 0.194 e. The molecule has 2 atom stereocenters. The van der Waals surface area contributed by atoms with Gasteiger partial charge in [-0.25, -0.2) is 4.39 Å². The number of rotatable bonds is 7. The standard InChI is InChI=1S/C21H33FN4O2.HI/c1-3-23-21(24-14-20(27-2)18-4-6-19(22)7-5-18)26-9-8-17(16-26)15-25-10-12-28-13-11-25;/h4-7,17,20H,3,8-16H2,1-2H3,(H,23,24);1H. The highest BCUT2D eigenvalue weighted by atomic mass is 127. The van der Waals surface area contributed by atoms with Crippen molar-refractivity contribution in [3.05, 3.63) is 35.6 Å². The Morgan fingerprint density at radius 3 is 2.66 bits per heavy atom. The molecule has 29 heavy (non-hydrogen) atoms. The number of halogens is 2. The Morgan fingerprint density at radius 2 is 2.00 bits per heavy atom. The predicted octanol–water partition coefficient (Wildman–Crippen LogP) is 2.75. The van der Waals surface area contributed by atoms with Crippen molar-refractivity contribution in [3.63, 3.8) is 0 Å². The average Bonchev–Trinajstić information content (AvgIpc) is 3.18. The second-order valence-corrected chi connectivity index (χ2v) is 7.48. The van der Waals surface area contributed by atoms with Gasteiger partial charge < -0.3 is 19.7 Å². The van der Waals surface area contributed by atoms with E-state index in [-0.39, 0.29) is 35.9 Å². The zero-order chi connectivity index (χ0) is 19.8. The summed E-state index contributed by atoms with van der Waals surface area (Å²) in [5.74, 6) is 1.37. The molecule has 1 aromatic rings. The molecule has 1 N–H and O–H groups in total. The summed E-state index contributed by atoms with van der Waals surface area (Å²) < 4.78 is 24.2. The first-order chi connectivity index (χ1) is 13.7. The van der Waals surface area contributed by atoms with Gasteiger partial charge in [-0.1, -0.05) is 12.1 Å². The summed E-state index contributed by atoms with van der Waals surface area (Å²) in [6.45, 7) is 10.4. The molecular weight excluding hydrogens is 486 g/mol. The Bertz CT molecular complexity index is 626. The molecule has 2 heterocycles. The van der Waals surface area contributed by atoms with Crippen molar-refractivity contribution >= 4 is 29.9 Å². The Kier molecular flexibility index (Phi) is 10.6. The van der Waals surface area contributed by atoms with Gasteiger partial charge in [-0.05, 0) is 37.0 Å². The first kappa shape index (κ1) is 24.3. The van der Waals surface area contributed by atoms with Gasteiger partial charge in [0.05, 0.1) is 19.8 Å². The number of methoxy groups -OCH3 is 1. The Morgan fingerprint density at radius 1 is 1.28 bits per heavy atom. The van der Waals surface area contributed by atoms with Crippen LogP contribution in [-0.2, 0) is 9.47 Å². The molecule has 2 fully saturated rings. The molecule has 3 rings (SSSR count). The molecule has 164 valence electrons. The highest BCUT2D eigenvalue weighted by molar-refractivity contribution is 14.0. The maximum atomic E-state index is 13.2. The largest absolute Gasteiger partial charge is 0.379 e. The number of nitrogens with one attached hydrogen (secondary N) is 1. The Labute approximate surface area is 190 Å². The monoisotopic (exact) mass is 520 g/mol. The summed E-state index contributed by atoms with van der Waals surface area (Å²) in [6.07, 6.45) is 1.01. The number of aliphatic imine (C=N–C) groups is 1. The summed E-state index contributed by atoms with van der Waals surface area (Å²) >= 11 is 0. The lowest BCUT2D eigenvalue weighted by molar-refractivity contribution is 0.0315. The second kappa shape index (κ2) is 12.7. The molecular formula is C21H34FIN4O2. The molecule has 2 unspecified atom stereocenters. The number of hydrogen-bond acceptors (Lipinski definition) is 4. The molecule has 0 saturated carbocycles. The van der Waals surface area contributed by atoms with E-state index < -0.39 is 0 Å². The normalized spacial score (nSPS) is 21.7. The van der Waals surface area contributed by atoms with E-state index in [0.29, 0.717) is 12.5 Å². The fourth-order valence-corrected chi connectivity index (χ4v) is 3.91. The van der Waals surface area contributed by atoms with E-state index in [1.165, 1.54) is 18.6 Å². The minimum Gasteiger partial charge on any atom is -0.379 e. The number of hydrogen-bond donors (Lipinski definition) is 1. The molecule has 1 aromatic carbocycles. The molecule has 2 aliphatic heterocycles. The van der Waals surface area contributed by atoms with Crippen LogP contribution in [0.2, 0.25) is 0 Å². The number of nitrogens with zero attached hydrogens (tertiary/aromatic N) is 3. The molecule has 0 spiro atoms. The number of benzene rings is 1. The summed E-state index contributed by atoms with van der Waals surface area (Å²) in [5, 5.41) is 3.42. The van der Waals surface area contributed by atoms with Crippen molar-refractivity contribution in [1.82, 2.24) is 15.1 Å². The van der Waals surface area contributed by atoms with Gasteiger partial charge in [-0.15, -0.1) is 24.0 Å². The van der Waals surface area contributed by atoms with Gasteiger partial charge >= 0.3 is 0 Å². The minimum absolute atomic E-state index is 0. The fourth-order valence-electron chi connectivity index (χ4n) is 3.91. The number of ether oxygens (including phenoxy) is 2. The van der Waals surface area contributed by atoms with E-state index in [0.717, 1.165) is 64.0 Å². The van der Waals surface area contributed by atoms with Gasteiger partial charge in [0.1, 0.15) is 11.9 Å². The van der Waals surface area contributed by atoms with E-state index in [9.17, 15) is 4.39 Å². The molecule has 0 aromatic heterocycles. The van der Waals surface area contributed by atoms with Crippen LogP contribution in [0.3, 0.4) is 0 Å². The molecule has 8 heteroatoms. The number of morpholine rings is 1. The van der Waals surface area contributed by atoms with Crippen LogP contribution in [0, 0.1) is 11.7 Å². The maximum absolute atomic E-state index is 13.2. The molecule has 0 bridgehead atoms. The van der Waals surface area contributed by atoms with Gasteiger partial charge in [-0.3, -0.25) is 9.89 Å². The fraction of sp³-hybridized carbons (Fsp3) is 0.667. The van der Waals surface area contributed by atoms with Gasteiger partial charge in [0.25, 0.3) is 0 Å². The quantitative estimate of drug-likeness (QED) is 0.341. The summed E-state index contributed by atoms with van der Waals surface area (Å²) in [6, 6.07) is 6.46. The number of guanidine groups is 1. The lowest BCUT2D eigenvalue weighted by Gasteiger charge is -2.29. The summed E-state index contributed by atoms with van der Waals surface area (Å²) in [5.41, 5.74) is 0.940. The van der Waals surface area contributed by atoms with Gasteiger partial charge in [0.15, 0.2) is 5.96 Å². The lowest BCUT2D eigenvalue weighted by Crippen LogP contribution is -2.42. The van der Waals surface area contributed by atoms with Crippen LogP contribution in [0.25, 0.3) is 0 Å². The summed E-state index contributed by atoms with van der Waals surface area (Å²) in [7, 11) is 1.67. The molecule has 6 nitrogen and oxygen atoms in total. The molecule has 0 amide bonds. The first-order valence-corrected chi connectivity index (χ1v) is 10.3. The van der Waals surface area contributed by atoms with E-state index in [1.807, 2.05) is 0 Å². The first-order valence-electron chi connectivity index (χ1n) is 10.3. The van der Waals surface area contributed by atoms with Crippen LogP contribution in [0.5, 0.6) is 0 Å². The Hall–Kier alpha value is -0.970. The number of likely N-dealkylation sites (tertiary alicyclic amines) is 1. The maximum Gasteiger partial charge on any atom is 0.194 e. The molecule has 0 aliphatic carbocycles. The average molecular weight is 520 g/mol. The van der Waals surface area contributed by atoms with Crippen LogP contribution in [-0.4, -0.2) is 81.9 Å². The highest BCUT2D eigenvalue weighted by Gasteiger charge is 2.27. The third-order valence-electron chi connectivity index (χ3n) is 5.47. The molecule has 2 saturated heterocycles. The minimum atomic E-state index is -0.237. The van der Waals surface area contributed by atoms with E-state index in [1.54, 1.807) is 19.2 Å². The van der Waals surface area contributed by atoms with Crippen molar-refractivity contribution in [3.8, 4) is 0 Å². The lowest BCUT2D eigenvalue weighted by atomic mass is 10.1. The van der Waals surface area contributed by atoms with Gasteiger partial charge in [0, 0.05) is 46.4 Å². The zero-order valence-corrected chi connectivity index (χ0v) is 19.8. The van der Waals surface area contributed by atoms with Gasteiger partial charge in [0.2, 0.25) is 0 Å². The van der Waals surface area contributed by atoms with Crippen LogP contribution >= 0.6 is 24.0 Å². The van der Waals surface area contributed by atoms with Crippen molar-refractivity contribution < 1.29 is 13.9 Å². The predicted molar refractivity (Wildman–Crippen MR) is 124 cm³/mol. The Balaban J connectivity index is 0.00000300. The van der Waals surface area contributed by atoms with Crippen molar-refractivity contribution in [2.45, 2.75) is 19.4 Å². The van der Waals surface area contributed by atoms with Crippen LogP contribution in [0.15, 0.2) is 29.3 Å². The van der Waals surface area contributed by atoms with Crippen molar-refractivity contribution in [1.29, 1.82) is 0 Å². The highest BCUT2D eigenvalue weighted by Crippen LogP contribution is 2.20. The third-order valence-corrected chi connectivity index (χ3v) is 5.47. The SMILES string of the molecule is CCNC(=NCC(OC)c1ccc(F)cc1)N1CCC(CN2CCOCC2)C1.I. The van der Waals surface area contributed by atoms with E-state index in [4.69, 9.17) is 14.5 Å². The molecule has 2 aliphatic rings. The van der Waals surface area contributed by atoms with E-state index >= 15 is 0 Å². The third kappa shape index (κ3) is 7.34. The summed E-state index contributed by atoms with van der Waals surface area (Å²) in [4.78, 5) is 9.69. The van der Waals surface area contributed by atoms with Crippen molar-refractivity contribution in [2.75, 3.05) is 66.1 Å². The van der Waals surface area contributed by atoms with E-state index in [2.05, 4.69) is 22.0 Å². The van der Waals surface area contributed by atoms with Crippen molar-refractivity contribution in [2.24, 2.45) is 10.9 Å². The van der Waals surface area contributed by atoms with Crippen LogP contribution < -0.4 is 5.32 Å². The van der Waals surface area contributed by atoms with Gasteiger partial charge in [-0.2, -0.15) is 0 Å².